The van der Waals surface area contributed by atoms with E-state index in [9.17, 15) is 0 Å². The minimum Gasteiger partial charge on any atom is -0.341 e. The van der Waals surface area contributed by atoms with E-state index >= 15 is 0 Å². The third-order valence-corrected chi connectivity index (χ3v) is 9.98. The van der Waals surface area contributed by atoms with Gasteiger partial charge in [0.05, 0.1) is 5.54 Å². The topological polar surface area (TPSA) is 18.8 Å². The van der Waals surface area contributed by atoms with Crippen molar-refractivity contribution in [3.63, 3.8) is 0 Å². The van der Waals surface area contributed by atoms with Crippen LogP contribution in [0.4, 0.5) is 0 Å². The molecule has 0 spiro atoms. The van der Waals surface area contributed by atoms with Crippen molar-refractivity contribution in [1.82, 2.24) is 9.80 Å². The molecule has 1 rings (SSSR count). The summed E-state index contributed by atoms with van der Waals surface area (Å²) in [5.41, 5.74) is 1.32. The Kier molecular flexibility index (Phi) is 15.5. The molecule has 0 N–H and O–H groups in total. The van der Waals surface area contributed by atoms with E-state index in [1.807, 2.05) is 0 Å². The Labute approximate surface area is 247 Å². The predicted molar refractivity (Wildman–Crippen MR) is 177 cm³/mol. The smallest absolute Gasteiger partial charge is 0.197 e. The zero-order valence-corrected chi connectivity index (χ0v) is 29.1. The van der Waals surface area contributed by atoms with Gasteiger partial charge in [-0.05, 0) is 80.5 Å². The second-order valence-corrected chi connectivity index (χ2v) is 16.0. The Morgan fingerprint density at radius 3 is 1.72 bits per heavy atom. The minimum atomic E-state index is 0.0597. The van der Waals surface area contributed by atoms with Crippen molar-refractivity contribution in [3.05, 3.63) is 0 Å². The average molecular weight is 548 g/mol. The zero-order chi connectivity index (χ0) is 29.7. The maximum absolute atomic E-state index is 5.62. The molecule has 1 aliphatic heterocycles. The molecule has 1 heterocycles. The maximum atomic E-state index is 5.62. The highest BCUT2D eigenvalue weighted by Crippen LogP contribution is 2.39. The van der Waals surface area contributed by atoms with Crippen molar-refractivity contribution in [2.24, 2.45) is 27.2 Å². The lowest BCUT2D eigenvalue weighted by molar-refractivity contribution is 0.171. The molecule has 0 radical (unpaired) electrons. The third-order valence-electron chi connectivity index (χ3n) is 9.98. The number of aliphatic imine (C=N–C) groups is 1. The van der Waals surface area contributed by atoms with Gasteiger partial charge in [0.25, 0.3) is 0 Å². The minimum absolute atomic E-state index is 0.0597. The van der Waals surface area contributed by atoms with Gasteiger partial charge in [-0.2, -0.15) is 0 Å². The molecule has 2 atom stereocenters. The Morgan fingerprint density at radius 2 is 1.23 bits per heavy atom. The molecule has 0 amide bonds. The van der Waals surface area contributed by atoms with E-state index in [4.69, 9.17) is 4.99 Å². The summed E-state index contributed by atoms with van der Waals surface area (Å²) in [6.45, 7) is 33.6. The van der Waals surface area contributed by atoms with E-state index < -0.39 is 0 Å². The maximum Gasteiger partial charge on any atom is 0.197 e. The monoisotopic (exact) mass is 548 g/mol. The van der Waals surface area contributed by atoms with Crippen LogP contribution in [0, 0.1) is 22.2 Å². The first-order valence-corrected chi connectivity index (χ1v) is 17.2. The van der Waals surface area contributed by atoms with Crippen molar-refractivity contribution >= 4 is 5.96 Å². The SMILES string of the molecule is CCCCCCC(C)(CC)N=C1N(CCCC(C)(C)CC(C)CC)CCN1CCCC(C)(C)CC(C)(C)CC. The summed E-state index contributed by atoms with van der Waals surface area (Å²) in [7, 11) is 0. The Hall–Kier alpha value is -0.730. The van der Waals surface area contributed by atoms with E-state index in [0.29, 0.717) is 16.2 Å². The number of unbranched alkanes of at least 4 members (excludes halogenated alkanes) is 3. The summed E-state index contributed by atoms with van der Waals surface area (Å²) in [6.07, 6.45) is 18.0. The highest BCUT2D eigenvalue weighted by Gasteiger charge is 2.32. The summed E-state index contributed by atoms with van der Waals surface area (Å²) in [5.74, 6) is 2.14. The van der Waals surface area contributed by atoms with Gasteiger partial charge in [-0.1, -0.05) is 115 Å². The molecule has 0 saturated carbocycles. The summed E-state index contributed by atoms with van der Waals surface area (Å²) in [4.78, 5) is 10.9. The largest absolute Gasteiger partial charge is 0.341 e. The first-order chi connectivity index (χ1) is 18.1. The van der Waals surface area contributed by atoms with Gasteiger partial charge in [0, 0.05) is 26.2 Å². The standard InChI is InChI=1S/C36H73N3/c1-13-17-18-19-24-36(12,16-4)37-32-38(25-20-22-34(8,9)29-31(5)14-2)27-28-39(32)26-21-23-35(10,11)30-33(6,7)15-3/h31H,13-30H2,1-12H3. The molecule has 232 valence electrons. The van der Waals surface area contributed by atoms with Crippen molar-refractivity contribution in [2.75, 3.05) is 26.2 Å². The average Bonchev–Trinajstić information content (AvgIpc) is 3.21. The van der Waals surface area contributed by atoms with Crippen LogP contribution in [0.2, 0.25) is 0 Å². The van der Waals surface area contributed by atoms with Gasteiger partial charge < -0.3 is 9.80 Å². The summed E-state index contributed by atoms with van der Waals surface area (Å²) in [6, 6.07) is 0. The molecule has 3 heteroatoms. The van der Waals surface area contributed by atoms with Crippen LogP contribution in [-0.4, -0.2) is 47.5 Å². The number of rotatable bonds is 21. The number of nitrogens with zero attached hydrogens (tertiary/aromatic N) is 3. The van der Waals surface area contributed by atoms with Gasteiger partial charge in [0.15, 0.2) is 5.96 Å². The van der Waals surface area contributed by atoms with E-state index in [2.05, 4.69) is 92.9 Å². The highest BCUT2D eigenvalue weighted by atomic mass is 15.4. The highest BCUT2D eigenvalue weighted by molar-refractivity contribution is 5.82. The van der Waals surface area contributed by atoms with Gasteiger partial charge in [-0.15, -0.1) is 0 Å². The van der Waals surface area contributed by atoms with Crippen LogP contribution < -0.4 is 0 Å². The third kappa shape index (κ3) is 14.1. The Bertz CT molecular complexity index is 691. The second-order valence-electron chi connectivity index (χ2n) is 16.0. The zero-order valence-electron chi connectivity index (χ0n) is 29.1. The van der Waals surface area contributed by atoms with E-state index in [0.717, 1.165) is 38.5 Å². The van der Waals surface area contributed by atoms with Gasteiger partial charge in [0.2, 0.25) is 0 Å². The van der Waals surface area contributed by atoms with Gasteiger partial charge >= 0.3 is 0 Å². The molecule has 3 nitrogen and oxygen atoms in total. The number of guanidine groups is 1. The van der Waals surface area contributed by atoms with E-state index in [-0.39, 0.29) is 5.54 Å². The molecule has 2 unspecified atom stereocenters. The lowest BCUT2D eigenvalue weighted by Crippen LogP contribution is -2.39. The molecular weight excluding hydrogens is 474 g/mol. The van der Waals surface area contributed by atoms with Gasteiger partial charge in [-0.3, -0.25) is 0 Å². The summed E-state index contributed by atoms with van der Waals surface area (Å²) in [5, 5.41) is 0. The molecule has 1 saturated heterocycles. The summed E-state index contributed by atoms with van der Waals surface area (Å²) < 4.78 is 0. The predicted octanol–water partition coefficient (Wildman–Crippen LogP) is 11.0. The fraction of sp³-hybridized carbons (Fsp3) is 0.972. The lowest BCUT2D eigenvalue weighted by Gasteiger charge is -2.35. The molecule has 39 heavy (non-hydrogen) atoms. The number of hydrogen-bond acceptors (Lipinski definition) is 1. The van der Waals surface area contributed by atoms with Crippen LogP contribution >= 0.6 is 0 Å². The molecule has 0 aromatic rings. The fourth-order valence-electron chi connectivity index (χ4n) is 6.89. The number of hydrogen-bond donors (Lipinski definition) is 0. The van der Waals surface area contributed by atoms with Gasteiger partial charge in [-0.25, -0.2) is 4.99 Å². The van der Waals surface area contributed by atoms with E-state index in [1.165, 1.54) is 89.4 Å². The second kappa shape index (κ2) is 16.6. The van der Waals surface area contributed by atoms with E-state index in [1.54, 1.807) is 0 Å². The molecule has 0 bridgehead atoms. The van der Waals surface area contributed by atoms with Crippen LogP contribution in [0.1, 0.15) is 173 Å². The summed E-state index contributed by atoms with van der Waals surface area (Å²) >= 11 is 0. The lowest BCUT2D eigenvalue weighted by atomic mass is 9.72. The first kappa shape index (κ1) is 36.3. The molecular formula is C36H73N3. The quantitative estimate of drug-likeness (QED) is 0.133. The van der Waals surface area contributed by atoms with Crippen molar-refractivity contribution in [1.29, 1.82) is 0 Å². The fourth-order valence-corrected chi connectivity index (χ4v) is 6.89. The van der Waals surface area contributed by atoms with Crippen LogP contribution in [0.15, 0.2) is 4.99 Å². The molecule has 1 fully saturated rings. The molecule has 0 aromatic heterocycles. The first-order valence-electron chi connectivity index (χ1n) is 17.2. The van der Waals surface area contributed by atoms with Crippen molar-refractivity contribution in [2.45, 2.75) is 179 Å². The van der Waals surface area contributed by atoms with Gasteiger partial charge in [0.1, 0.15) is 0 Å². The molecule has 1 aliphatic rings. The van der Waals surface area contributed by atoms with Crippen LogP contribution in [0.5, 0.6) is 0 Å². The normalized spacial score (nSPS) is 18.7. The van der Waals surface area contributed by atoms with Crippen LogP contribution in [0.25, 0.3) is 0 Å². The molecule has 0 aromatic carbocycles. The Balaban J connectivity index is 2.95. The van der Waals surface area contributed by atoms with Crippen LogP contribution in [0.3, 0.4) is 0 Å². The Morgan fingerprint density at radius 1 is 0.667 bits per heavy atom. The molecule has 0 aliphatic carbocycles. The van der Waals surface area contributed by atoms with Crippen molar-refractivity contribution < 1.29 is 0 Å². The van der Waals surface area contributed by atoms with Crippen molar-refractivity contribution in [3.8, 4) is 0 Å². The van der Waals surface area contributed by atoms with Crippen LogP contribution in [-0.2, 0) is 0 Å².